The lowest BCUT2D eigenvalue weighted by Gasteiger charge is -2.23. The van der Waals surface area contributed by atoms with Crippen LogP contribution in [0.15, 0.2) is 42.6 Å². The lowest BCUT2D eigenvalue weighted by Crippen LogP contribution is -2.40. The Balaban J connectivity index is 1.82. The minimum absolute atomic E-state index is 0.0721. The summed E-state index contributed by atoms with van der Waals surface area (Å²) >= 11 is 0. The highest BCUT2D eigenvalue weighted by atomic mass is 19.1. The predicted octanol–water partition coefficient (Wildman–Crippen LogP) is 2.56. The Labute approximate surface area is 151 Å². The van der Waals surface area contributed by atoms with Crippen LogP contribution in [0.3, 0.4) is 0 Å². The fourth-order valence-corrected chi connectivity index (χ4v) is 3.17. The minimum Gasteiger partial charge on any atom is -0.359 e. The second-order valence-electron chi connectivity index (χ2n) is 6.65. The third kappa shape index (κ3) is 3.51. The summed E-state index contributed by atoms with van der Waals surface area (Å²) in [5.74, 6) is -0.293. The van der Waals surface area contributed by atoms with Gasteiger partial charge in [-0.25, -0.2) is 9.37 Å². The van der Waals surface area contributed by atoms with Crippen LogP contribution in [-0.2, 0) is 4.79 Å². The van der Waals surface area contributed by atoms with Gasteiger partial charge in [0.25, 0.3) is 5.91 Å². The highest BCUT2D eigenvalue weighted by Crippen LogP contribution is 2.32. The van der Waals surface area contributed by atoms with Crippen LogP contribution in [0, 0.1) is 11.2 Å². The van der Waals surface area contributed by atoms with Crippen molar-refractivity contribution in [3.63, 3.8) is 0 Å². The van der Waals surface area contributed by atoms with Crippen molar-refractivity contribution in [2.45, 2.75) is 13.3 Å². The molecule has 1 saturated heterocycles. The maximum Gasteiger partial charge on any atom is 0.257 e. The number of benzene rings is 1. The number of anilines is 2. The van der Waals surface area contributed by atoms with Crippen molar-refractivity contribution in [1.29, 1.82) is 0 Å². The van der Waals surface area contributed by atoms with Crippen molar-refractivity contribution in [3.05, 3.63) is 54.0 Å². The fourth-order valence-electron chi connectivity index (χ4n) is 3.17. The lowest BCUT2D eigenvalue weighted by molar-refractivity contribution is -0.128. The molecule has 2 aromatic rings. The quantitative estimate of drug-likeness (QED) is 0.883. The summed E-state index contributed by atoms with van der Waals surface area (Å²) in [7, 11) is 1.60. The summed E-state index contributed by atoms with van der Waals surface area (Å²) in [6.45, 7) is 2.70. The van der Waals surface area contributed by atoms with Crippen molar-refractivity contribution >= 4 is 23.3 Å². The molecular weight excluding hydrogens is 335 g/mol. The molecule has 1 aromatic heterocycles. The average Bonchev–Trinajstić information content (AvgIpc) is 3.04. The van der Waals surface area contributed by atoms with E-state index >= 15 is 0 Å². The topological polar surface area (TPSA) is 74.3 Å². The van der Waals surface area contributed by atoms with Crippen LogP contribution in [0.2, 0.25) is 0 Å². The molecule has 1 atom stereocenters. The molecule has 0 spiro atoms. The Morgan fingerprint density at radius 2 is 2.08 bits per heavy atom. The third-order valence-corrected chi connectivity index (χ3v) is 4.66. The maximum absolute atomic E-state index is 13.4. The van der Waals surface area contributed by atoms with E-state index in [2.05, 4.69) is 15.6 Å². The molecule has 7 heteroatoms. The van der Waals surface area contributed by atoms with Crippen LogP contribution in [0.5, 0.6) is 0 Å². The molecule has 0 saturated carbocycles. The molecule has 0 aliphatic carbocycles. The van der Waals surface area contributed by atoms with E-state index < -0.39 is 5.41 Å². The molecule has 6 nitrogen and oxygen atoms in total. The number of hydrogen-bond acceptors (Lipinski definition) is 4. The highest BCUT2D eigenvalue weighted by Gasteiger charge is 2.42. The number of halogens is 1. The number of amides is 2. The van der Waals surface area contributed by atoms with Crippen molar-refractivity contribution in [2.75, 3.05) is 25.5 Å². The van der Waals surface area contributed by atoms with Crippen LogP contribution < -0.4 is 10.6 Å². The fraction of sp³-hybridized carbons (Fsp3) is 0.316. The minimum atomic E-state index is -0.594. The number of likely N-dealkylation sites (tertiary alicyclic amines) is 1. The number of aromatic nitrogens is 1. The molecule has 136 valence electrons. The zero-order chi connectivity index (χ0) is 18.7. The zero-order valence-corrected chi connectivity index (χ0v) is 14.8. The van der Waals surface area contributed by atoms with E-state index in [-0.39, 0.29) is 17.6 Å². The number of rotatable bonds is 4. The molecule has 1 aliphatic heterocycles. The van der Waals surface area contributed by atoms with Gasteiger partial charge >= 0.3 is 0 Å². The third-order valence-electron chi connectivity index (χ3n) is 4.66. The molecule has 0 bridgehead atoms. The van der Waals surface area contributed by atoms with E-state index in [0.717, 1.165) is 0 Å². The van der Waals surface area contributed by atoms with Crippen molar-refractivity contribution < 1.29 is 14.0 Å². The van der Waals surface area contributed by atoms with Gasteiger partial charge in [-0.2, -0.15) is 0 Å². The first-order valence-electron chi connectivity index (χ1n) is 8.42. The van der Waals surface area contributed by atoms with Crippen LogP contribution in [0.4, 0.5) is 15.9 Å². The summed E-state index contributed by atoms with van der Waals surface area (Å²) in [5.41, 5.74) is 0.301. The van der Waals surface area contributed by atoms with Gasteiger partial charge in [-0.3, -0.25) is 9.59 Å². The van der Waals surface area contributed by atoms with E-state index in [1.54, 1.807) is 42.4 Å². The van der Waals surface area contributed by atoms with Crippen LogP contribution in [0.25, 0.3) is 0 Å². The van der Waals surface area contributed by atoms with E-state index in [1.807, 2.05) is 6.92 Å². The molecule has 1 fully saturated rings. The van der Waals surface area contributed by atoms with E-state index in [9.17, 15) is 14.0 Å². The van der Waals surface area contributed by atoms with E-state index in [0.29, 0.717) is 36.6 Å². The first kappa shape index (κ1) is 17.8. The second-order valence-corrected chi connectivity index (χ2v) is 6.65. The van der Waals surface area contributed by atoms with Gasteiger partial charge < -0.3 is 15.5 Å². The van der Waals surface area contributed by atoms with Gasteiger partial charge in [0.1, 0.15) is 11.6 Å². The summed E-state index contributed by atoms with van der Waals surface area (Å²) in [5, 5.41) is 5.65. The van der Waals surface area contributed by atoms with Gasteiger partial charge in [-0.05, 0) is 43.7 Å². The lowest BCUT2D eigenvalue weighted by atomic mass is 9.89. The number of hydrogen-bond donors (Lipinski definition) is 2. The van der Waals surface area contributed by atoms with Gasteiger partial charge in [0.05, 0.1) is 11.0 Å². The van der Waals surface area contributed by atoms with Gasteiger partial charge in [0.2, 0.25) is 5.91 Å². The number of carbonyl (C=O) groups excluding carboxylic acids is 2. The average molecular weight is 356 g/mol. The summed E-state index contributed by atoms with van der Waals surface area (Å²) < 4.78 is 13.4. The molecule has 2 amide bonds. The standard InChI is InChI=1S/C19H21FN4O2/c1-19(18(26)21-2)8-10-24(12-19)17(25)15-7-4-9-22-16(15)23-14-6-3-5-13(20)11-14/h3-7,9,11H,8,10,12H2,1-2H3,(H,21,26)(H,22,23). The number of carbonyl (C=O) groups is 2. The van der Waals surface area contributed by atoms with Gasteiger partial charge in [0, 0.05) is 32.0 Å². The SMILES string of the molecule is CNC(=O)C1(C)CCN(C(=O)c2cccnc2Nc2cccc(F)c2)C1. The molecule has 1 unspecified atom stereocenters. The number of pyridine rings is 1. The van der Waals surface area contributed by atoms with Crippen LogP contribution in [-0.4, -0.2) is 41.8 Å². The molecule has 1 aliphatic rings. The van der Waals surface area contributed by atoms with E-state index in [4.69, 9.17) is 0 Å². The van der Waals surface area contributed by atoms with Crippen molar-refractivity contribution in [3.8, 4) is 0 Å². The van der Waals surface area contributed by atoms with Gasteiger partial charge in [-0.1, -0.05) is 6.07 Å². The Bertz CT molecular complexity index is 842. The van der Waals surface area contributed by atoms with Crippen molar-refractivity contribution in [1.82, 2.24) is 15.2 Å². The first-order chi connectivity index (χ1) is 12.4. The Hall–Kier alpha value is -2.96. The molecule has 0 radical (unpaired) electrons. The maximum atomic E-state index is 13.4. The molecule has 2 heterocycles. The largest absolute Gasteiger partial charge is 0.359 e. The monoisotopic (exact) mass is 356 g/mol. The summed E-state index contributed by atoms with van der Waals surface area (Å²) in [4.78, 5) is 30.9. The first-order valence-corrected chi connectivity index (χ1v) is 8.42. The zero-order valence-electron chi connectivity index (χ0n) is 14.8. The molecular formula is C19H21FN4O2. The van der Waals surface area contributed by atoms with Crippen LogP contribution in [0.1, 0.15) is 23.7 Å². The van der Waals surface area contributed by atoms with Gasteiger partial charge in [-0.15, -0.1) is 0 Å². The molecule has 26 heavy (non-hydrogen) atoms. The number of nitrogens with zero attached hydrogens (tertiary/aromatic N) is 2. The predicted molar refractivity (Wildman–Crippen MR) is 96.6 cm³/mol. The molecule has 1 aromatic carbocycles. The second kappa shape index (κ2) is 7.11. The molecule has 3 rings (SSSR count). The van der Waals surface area contributed by atoms with Crippen molar-refractivity contribution in [2.24, 2.45) is 5.41 Å². The smallest absolute Gasteiger partial charge is 0.257 e. The number of nitrogens with one attached hydrogen (secondary N) is 2. The van der Waals surface area contributed by atoms with Crippen LogP contribution >= 0.6 is 0 Å². The normalized spacial score (nSPS) is 19.3. The molecule has 2 N–H and O–H groups in total. The Morgan fingerprint density at radius 3 is 2.81 bits per heavy atom. The Morgan fingerprint density at radius 1 is 1.27 bits per heavy atom. The summed E-state index contributed by atoms with van der Waals surface area (Å²) in [6, 6.07) is 9.31. The van der Waals surface area contributed by atoms with E-state index in [1.165, 1.54) is 12.1 Å². The summed E-state index contributed by atoms with van der Waals surface area (Å²) in [6.07, 6.45) is 2.17. The highest BCUT2D eigenvalue weighted by molar-refractivity contribution is 6.00. The van der Waals surface area contributed by atoms with Gasteiger partial charge in [0.15, 0.2) is 0 Å². The Kier molecular flexibility index (Phi) is 4.88.